The van der Waals surface area contributed by atoms with Crippen LogP contribution in [0.4, 0.5) is 0 Å². The van der Waals surface area contributed by atoms with Gasteiger partial charge in [-0.3, -0.25) is 9.59 Å². The first kappa shape index (κ1) is 22.4. The maximum Gasteiger partial charge on any atom is 0.311 e. The molecule has 1 aromatic rings. The number of ether oxygens (including phenoxy) is 2. The molecule has 2 aliphatic rings. The number of aliphatic carboxylic acids is 1. The van der Waals surface area contributed by atoms with E-state index in [4.69, 9.17) is 14.6 Å². The van der Waals surface area contributed by atoms with Gasteiger partial charge in [0.2, 0.25) is 0 Å². The Morgan fingerprint density at radius 2 is 2.00 bits per heavy atom. The number of unbranched alkanes of at least 4 members (excludes halogenated alkanes) is 2. The Morgan fingerprint density at radius 1 is 1.23 bits per heavy atom. The molecule has 1 heterocycles. The highest BCUT2D eigenvalue weighted by atomic mass is 16.5. The van der Waals surface area contributed by atoms with E-state index >= 15 is 0 Å². The molecule has 0 bridgehead atoms. The first-order valence-corrected chi connectivity index (χ1v) is 11.2. The molecule has 0 fully saturated rings. The predicted molar refractivity (Wildman–Crippen MR) is 116 cm³/mol. The highest BCUT2D eigenvalue weighted by Crippen LogP contribution is 2.53. The van der Waals surface area contributed by atoms with E-state index in [1.165, 1.54) is 5.57 Å². The van der Waals surface area contributed by atoms with Crippen molar-refractivity contribution in [1.82, 2.24) is 0 Å². The molecule has 5 nitrogen and oxygen atoms in total. The molecule has 5 heteroatoms. The van der Waals surface area contributed by atoms with Crippen molar-refractivity contribution in [2.45, 2.75) is 90.6 Å². The average Bonchev–Trinajstić information content (AvgIpc) is 2.65. The molecule has 1 aliphatic heterocycles. The van der Waals surface area contributed by atoms with Gasteiger partial charge >= 0.3 is 11.9 Å². The lowest BCUT2D eigenvalue weighted by Gasteiger charge is -2.46. The fourth-order valence-electron chi connectivity index (χ4n) is 4.75. The van der Waals surface area contributed by atoms with E-state index in [2.05, 4.69) is 39.8 Å². The number of fused-ring (bicyclic) bond motifs is 3. The number of carbonyl (C=O) groups excluding carboxylic acids is 1. The SMILES string of the molecule is CCCCCc1cc(OC(=O)CCC(=O)O)c2c(c1)OC(C)(C)C1CCC(C)=C[C@@H]21. The smallest absolute Gasteiger partial charge is 0.311 e. The van der Waals surface area contributed by atoms with Gasteiger partial charge in [-0.15, -0.1) is 0 Å². The number of hydrogen-bond acceptors (Lipinski definition) is 4. The zero-order chi connectivity index (χ0) is 21.9. The number of carbonyl (C=O) groups is 2. The summed E-state index contributed by atoms with van der Waals surface area (Å²) in [6.45, 7) is 8.61. The van der Waals surface area contributed by atoms with Crippen molar-refractivity contribution in [3.8, 4) is 11.5 Å². The normalized spacial score (nSPS) is 21.7. The van der Waals surface area contributed by atoms with Crippen LogP contribution in [0.2, 0.25) is 0 Å². The number of carboxylic acid groups (broad SMARTS) is 1. The van der Waals surface area contributed by atoms with E-state index in [0.29, 0.717) is 11.7 Å². The second kappa shape index (κ2) is 9.23. The number of benzene rings is 1. The highest BCUT2D eigenvalue weighted by Gasteiger charge is 2.45. The Morgan fingerprint density at radius 3 is 2.70 bits per heavy atom. The van der Waals surface area contributed by atoms with E-state index in [1.807, 2.05) is 6.07 Å². The number of esters is 1. The summed E-state index contributed by atoms with van der Waals surface area (Å²) < 4.78 is 12.2. The van der Waals surface area contributed by atoms with Crippen molar-refractivity contribution >= 4 is 11.9 Å². The van der Waals surface area contributed by atoms with Crippen LogP contribution in [0.15, 0.2) is 23.8 Å². The lowest BCUT2D eigenvalue weighted by molar-refractivity contribution is -0.142. The molecule has 0 saturated heterocycles. The van der Waals surface area contributed by atoms with E-state index in [1.54, 1.807) is 0 Å². The summed E-state index contributed by atoms with van der Waals surface area (Å²) in [6.07, 6.45) is 8.25. The second-order valence-corrected chi connectivity index (χ2v) is 9.22. The lowest BCUT2D eigenvalue weighted by atomic mass is 9.68. The summed E-state index contributed by atoms with van der Waals surface area (Å²) in [5.41, 5.74) is 3.06. The zero-order valence-corrected chi connectivity index (χ0v) is 18.6. The number of rotatable bonds is 8. The van der Waals surface area contributed by atoms with Gasteiger partial charge in [0, 0.05) is 17.4 Å². The van der Waals surface area contributed by atoms with Crippen LogP contribution in [0.1, 0.15) is 89.7 Å². The highest BCUT2D eigenvalue weighted by molar-refractivity contribution is 5.78. The third-order valence-electron chi connectivity index (χ3n) is 6.35. The Labute approximate surface area is 179 Å². The van der Waals surface area contributed by atoms with Gasteiger partial charge in [-0.05, 0) is 64.2 Å². The summed E-state index contributed by atoms with van der Waals surface area (Å²) in [4.78, 5) is 23.2. The summed E-state index contributed by atoms with van der Waals surface area (Å²) in [5, 5.41) is 8.89. The molecule has 0 amide bonds. The molecule has 0 aromatic heterocycles. The molecule has 1 aliphatic carbocycles. The molecule has 30 heavy (non-hydrogen) atoms. The van der Waals surface area contributed by atoms with Crippen molar-refractivity contribution in [2.75, 3.05) is 0 Å². The van der Waals surface area contributed by atoms with Crippen molar-refractivity contribution in [3.63, 3.8) is 0 Å². The summed E-state index contributed by atoms with van der Waals surface area (Å²) >= 11 is 0. The monoisotopic (exact) mass is 414 g/mol. The van der Waals surface area contributed by atoms with Gasteiger partial charge < -0.3 is 14.6 Å². The van der Waals surface area contributed by atoms with Crippen LogP contribution >= 0.6 is 0 Å². The molecule has 3 rings (SSSR count). The zero-order valence-electron chi connectivity index (χ0n) is 18.6. The van der Waals surface area contributed by atoms with Crippen molar-refractivity contribution < 1.29 is 24.2 Å². The van der Waals surface area contributed by atoms with Gasteiger partial charge in [0.1, 0.15) is 17.1 Å². The van der Waals surface area contributed by atoms with E-state index in [9.17, 15) is 9.59 Å². The maximum atomic E-state index is 12.4. The van der Waals surface area contributed by atoms with Crippen LogP contribution in [-0.2, 0) is 16.0 Å². The van der Waals surface area contributed by atoms with E-state index in [-0.39, 0.29) is 24.4 Å². The number of carboxylic acids is 1. The Balaban J connectivity index is 2.01. The molecule has 1 aromatic carbocycles. The van der Waals surface area contributed by atoms with Gasteiger partial charge in [-0.1, -0.05) is 31.4 Å². The van der Waals surface area contributed by atoms with Crippen LogP contribution in [0.3, 0.4) is 0 Å². The minimum absolute atomic E-state index is 0.129. The first-order valence-electron chi connectivity index (χ1n) is 11.2. The van der Waals surface area contributed by atoms with E-state index < -0.39 is 11.9 Å². The predicted octanol–water partition coefficient (Wildman–Crippen LogP) is 5.80. The average molecular weight is 415 g/mol. The van der Waals surface area contributed by atoms with Gasteiger partial charge in [0.05, 0.1) is 12.8 Å². The van der Waals surface area contributed by atoms with Crippen molar-refractivity contribution in [1.29, 1.82) is 0 Å². The van der Waals surface area contributed by atoms with Crippen molar-refractivity contribution in [3.05, 3.63) is 34.9 Å². The van der Waals surface area contributed by atoms with E-state index in [0.717, 1.165) is 55.4 Å². The molecule has 0 saturated carbocycles. The molecule has 164 valence electrons. The Hall–Kier alpha value is -2.30. The number of hydrogen-bond donors (Lipinski definition) is 1. The second-order valence-electron chi connectivity index (χ2n) is 9.22. The lowest BCUT2D eigenvalue weighted by Crippen LogP contribution is -2.45. The van der Waals surface area contributed by atoms with Gasteiger partial charge in [-0.25, -0.2) is 0 Å². The third kappa shape index (κ3) is 5.05. The molecule has 1 N–H and O–H groups in total. The standard InChI is InChI=1S/C25H34O5/c1-5-6-7-8-17-14-20(29-23(28)12-11-22(26)27)24-18-13-16(2)9-10-19(18)25(3,4)30-21(24)15-17/h13-15,18-19H,5-12H2,1-4H3,(H,26,27)/t18-,19?/m1/s1. The summed E-state index contributed by atoms with van der Waals surface area (Å²) in [7, 11) is 0. The molecule has 1 unspecified atom stereocenters. The molecular formula is C25H34O5. The third-order valence-corrected chi connectivity index (χ3v) is 6.35. The van der Waals surface area contributed by atoms with Crippen LogP contribution in [0.25, 0.3) is 0 Å². The fraction of sp³-hybridized carbons (Fsp3) is 0.600. The van der Waals surface area contributed by atoms with Crippen LogP contribution in [-0.4, -0.2) is 22.6 Å². The topological polar surface area (TPSA) is 72.8 Å². The first-order chi connectivity index (χ1) is 14.2. The molecule has 0 spiro atoms. The number of allylic oxidation sites excluding steroid dienone is 2. The van der Waals surface area contributed by atoms with Gasteiger partial charge in [-0.2, -0.15) is 0 Å². The van der Waals surface area contributed by atoms with Crippen LogP contribution in [0.5, 0.6) is 11.5 Å². The summed E-state index contributed by atoms with van der Waals surface area (Å²) in [6, 6.07) is 4.07. The summed E-state index contributed by atoms with van der Waals surface area (Å²) in [5.74, 6) is 0.245. The Kier molecular flexibility index (Phi) is 6.89. The number of aryl methyl sites for hydroxylation is 1. The quantitative estimate of drug-likeness (QED) is 0.252. The van der Waals surface area contributed by atoms with Crippen LogP contribution < -0.4 is 9.47 Å². The molecule has 0 radical (unpaired) electrons. The maximum absolute atomic E-state index is 12.4. The largest absolute Gasteiger partial charge is 0.487 e. The van der Waals surface area contributed by atoms with Crippen molar-refractivity contribution in [2.24, 2.45) is 5.92 Å². The Bertz CT molecular complexity index is 836. The van der Waals surface area contributed by atoms with Gasteiger partial charge in [0.15, 0.2) is 0 Å². The van der Waals surface area contributed by atoms with Gasteiger partial charge in [0.25, 0.3) is 0 Å². The van der Waals surface area contributed by atoms with Crippen LogP contribution in [0, 0.1) is 5.92 Å². The molecular weight excluding hydrogens is 380 g/mol. The minimum atomic E-state index is -1.00. The fourth-order valence-corrected chi connectivity index (χ4v) is 4.75. The minimum Gasteiger partial charge on any atom is -0.487 e. The molecule has 2 atom stereocenters.